The third-order valence-corrected chi connectivity index (χ3v) is 5.82. The van der Waals surface area contributed by atoms with Crippen molar-refractivity contribution in [2.24, 2.45) is 5.41 Å². The highest BCUT2D eigenvalue weighted by Gasteiger charge is 2.27. The zero-order valence-corrected chi connectivity index (χ0v) is 21.8. The molecule has 3 aromatic rings. The SMILES string of the molecule is C=C/C=C(\C=C/C)c1[nH]c(C(C)(C)CNCC(C)(C)C)nc1-c1ccc2cc(OC)ccc2c1. The number of hydrogen-bond donors (Lipinski definition) is 2. The second kappa shape index (κ2) is 10.4. The minimum absolute atomic E-state index is 0.169. The van der Waals surface area contributed by atoms with Crippen LogP contribution < -0.4 is 10.1 Å². The molecule has 0 saturated carbocycles. The molecular formula is C30H39N3O. The molecular weight excluding hydrogens is 418 g/mol. The molecule has 1 heterocycles. The van der Waals surface area contributed by atoms with E-state index in [1.807, 2.05) is 31.2 Å². The predicted octanol–water partition coefficient (Wildman–Crippen LogP) is 7.30. The van der Waals surface area contributed by atoms with Crippen LogP contribution in [-0.2, 0) is 5.41 Å². The fourth-order valence-corrected chi connectivity index (χ4v) is 3.97. The molecule has 4 nitrogen and oxygen atoms in total. The van der Waals surface area contributed by atoms with Gasteiger partial charge in [0, 0.05) is 24.1 Å². The van der Waals surface area contributed by atoms with Crippen LogP contribution in [0.2, 0.25) is 0 Å². The standard InChI is InChI=1S/C30H39N3O/c1-9-11-21(12-10-2)26-27(24-14-13-23-18-25(34-8)16-15-22(23)17-24)33-28(32-26)30(6,7)20-31-19-29(3,4)5/h9-18,31H,1,19-20H2,2-8H3,(H,32,33)/b12-10-,21-11+. The first kappa shape index (κ1) is 25.5. The van der Waals surface area contributed by atoms with Gasteiger partial charge in [0.25, 0.3) is 0 Å². The van der Waals surface area contributed by atoms with E-state index in [0.29, 0.717) is 0 Å². The highest BCUT2D eigenvalue weighted by molar-refractivity contribution is 5.90. The van der Waals surface area contributed by atoms with Gasteiger partial charge in [0.15, 0.2) is 0 Å². The van der Waals surface area contributed by atoms with Gasteiger partial charge < -0.3 is 15.0 Å². The summed E-state index contributed by atoms with van der Waals surface area (Å²) >= 11 is 0. The number of aromatic nitrogens is 2. The van der Waals surface area contributed by atoms with E-state index in [-0.39, 0.29) is 10.8 Å². The molecule has 0 fully saturated rings. The number of nitrogens with one attached hydrogen (secondary N) is 2. The van der Waals surface area contributed by atoms with E-state index in [1.165, 1.54) is 0 Å². The number of aromatic amines is 1. The van der Waals surface area contributed by atoms with Crippen LogP contribution in [0.1, 0.15) is 53.1 Å². The average molecular weight is 458 g/mol. The Morgan fingerprint density at radius 2 is 1.76 bits per heavy atom. The van der Waals surface area contributed by atoms with Gasteiger partial charge in [-0.1, -0.05) is 83.7 Å². The van der Waals surface area contributed by atoms with Crippen molar-refractivity contribution in [3.63, 3.8) is 0 Å². The van der Waals surface area contributed by atoms with Crippen molar-refractivity contribution in [2.75, 3.05) is 20.2 Å². The van der Waals surface area contributed by atoms with E-state index in [1.54, 1.807) is 7.11 Å². The molecule has 0 spiro atoms. The van der Waals surface area contributed by atoms with E-state index >= 15 is 0 Å². The number of imidazole rings is 1. The highest BCUT2D eigenvalue weighted by atomic mass is 16.5. The van der Waals surface area contributed by atoms with E-state index in [0.717, 1.165) is 58.0 Å². The third kappa shape index (κ3) is 6.06. The number of methoxy groups -OCH3 is 1. The fraction of sp³-hybridized carbons (Fsp3) is 0.367. The molecule has 0 amide bonds. The monoisotopic (exact) mass is 457 g/mol. The summed E-state index contributed by atoms with van der Waals surface area (Å²) in [6.07, 6.45) is 7.99. The molecule has 0 bridgehead atoms. The van der Waals surface area contributed by atoms with Crippen molar-refractivity contribution in [1.29, 1.82) is 0 Å². The van der Waals surface area contributed by atoms with Gasteiger partial charge in [0.1, 0.15) is 11.6 Å². The van der Waals surface area contributed by atoms with Crippen LogP contribution in [0, 0.1) is 5.41 Å². The van der Waals surface area contributed by atoms with Gasteiger partial charge in [-0.05, 0) is 46.9 Å². The first-order valence-electron chi connectivity index (χ1n) is 11.9. The molecule has 0 aliphatic carbocycles. The fourth-order valence-electron chi connectivity index (χ4n) is 3.97. The Morgan fingerprint density at radius 1 is 1.06 bits per heavy atom. The van der Waals surface area contributed by atoms with Crippen LogP contribution in [0.4, 0.5) is 0 Å². The Hall–Kier alpha value is -3.11. The van der Waals surface area contributed by atoms with Crippen molar-refractivity contribution < 1.29 is 4.74 Å². The molecule has 4 heteroatoms. The topological polar surface area (TPSA) is 49.9 Å². The van der Waals surface area contributed by atoms with Crippen molar-refractivity contribution in [1.82, 2.24) is 15.3 Å². The number of fused-ring (bicyclic) bond motifs is 1. The first-order chi connectivity index (χ1) is 16.1. The Labute approximate surface area is 204 Å². The van der Waals surface area contributed by atoms with E-state index in [2.05, 4.69) is 87.9 Å². The maximum absolute atomic E-state index is 5.39. The van der Waals surface area contributed by atoms with Gasteiger partial charge in [-0.25, -0.2) is 4.98 Å². The van der Waals surface area contributed by atoms with Crippen LogP contribution in [0.15, 0.2) is 67.3 Å². The Kier molecular flexibility index (Phi) is 7.83. The molecule has 2 N–H and O–H groups in total. The molecule has 0 radical (unpaired) electrons. The lowest BCUT2D eigenvalue weighted by Gasteiger charge is -2.26. The van der Waals surface area contributed by atoms with Gasteiger partial charge in [-0.15, -0.1) is 0 Å². The maximum Gasteiger partial charge on any atom is 0.119 e. The van der Waals surface area contributed by atoms with Crippen LogP contribution in [0.25, 0.3) is 27.6 Å². The van der Waals surface area contributed by atoms with Gasteiger partial charge in [0.2, 0.25) is 0 Å². The zero-order chi connectivity index (χ0) is 24.9. The van der Waals surface area contributed by atoms with Crippen LogP contribution in [0.5, 0.6) is 5.75 Å². The molecule has 2 aromatic carbocycles. The summed E-state index contributed by atoms with van der Waals surface area (Å²) in [4.78, 5) is 8.83. The quantitative estimate of drug-likeness (QED) is 0.332. The molecule has 34 heavy (non-hydrogen) atoms. The van der Waals surface area contributed by atoms with Crippen molar-refractivity contribution >= 4 is 16.3 Å². The minimum Gasteiger partial charge on any atom is -0.497 e. The van der Waals surface area contributed by atoms with E-state index in [4.69, 9.17) is 9.72 Å². The Morgan fingerprint density at radius 3 is 2.41 bits per heavy atom. The number of allylic oxidation sites excluding steroid dienone is 5. The largest absolute Gasteiger partial charge is 0.497 e. The second-order valence-electron chi connectivity index (χ2n) is 10.6. The first-order valence-corrected chi connectivity index (χ1v) is 11.9. The normalized spacial score (nSPS) is 13.1. The predicted molar refractivity (Wildman–Crippen MR) is 146 cm³/mol. The molecule has 0 saturated heterocycles. The van der Waals surface area contributed by atoms with Crippen LogP contribution in [-0.4, -0.2) is 30.2 Å². The summed E-state index contributed by atoms with van der Waals surface area (Å²) in [7, 11) is 1.69. The molecule has 0 atom stereocenters. The summed E-state index contributed by atoms with van der Waals surface area (Å²) < 4.78 is 5.39. The number of H-pyrrole nitrogens is 1. The Balaban J connectivity index is 2.09. The molecule has 0 aliphatic heterocycles. The maximum atomic E-state index is 5.39. The van der Waals surface area contributed by atoms with E-state index in [9.17, 15) is 0 Å². The van der Waals surface area contributed by atoms with Crippen LogP contribution >= 0.6 is 0 Å². The second-order valence-corrected chi connectivity index (χ2v) is 10.6. The molecule has 3 rings (SSSR count). The van der Waals surface area contributed by atoms with Crippen molar-refractivity contribution in [2.45, 2.75) is 47.0 Å². The number of nitrogens with zero attached hydrogens (tertiary/aromatic N) is 1. The van der Waals surface area contributed by atoms with Crippen molar-refractivity contribution in [3.05, 3.63) is 78.8 Å². The minimum atomic E-state index is -0.169. The zero-order valence-electron chi connectivity index (χ0n) is 21.8. The van der Waals surface area contributed by atoms with Crippen LogP contribution in [0.3, 0.4) is 0 Å². The molecule has 0 aliphatic rings. The summed E-state index contributed by atoms with van der Waals surface area (Å²) in [5.41, 5.74) is 4.15. The number of ether oxygens (including phenoxy) is 1. The number of rotatable bonds is 9. The van der Waals surface area contributed by atoms with Gasteiger partial charge in [-0.3, -0.25) is 0 Å². The third-order valence-electron chi connectivity index (χ3n) is 5.82. The van der Waals surface area contributed by atoms with Gasteiger partial charge in [-0.2, -0.15) is 0 Å². The number of benzene rings is 2. The van der Waals surface area contributed by atoms with E-state index < -0.39 is 0 Å². The summed E-state index contributed by atoms with van der Waals surface area (Å²) in [5, 5.41) is 5.92. The summed E-state index contributed by atoms with van der Waals surface area (Å²) in [6.45, 7) is 18.9. The van der Waals surface area contributed by atoms with Crippen molar-refractivity contribution in [3.8, 4) is 17.0 Å². The van der Waals surface area contributed by atoms with Gasteiger partial charge >= 0.3 is 0 Å². The molecule has 1 aromatic heterocycles. The highest BCUT2D eigenvalue weighted by Crippen LogP contribution is 2.34. The molecule has 0 unspecified atom stereocenters. The lowest BCUT2D eigenvalue weighted by atomic mass is 9.91. The smallest absolute Gasteiger partial charge is 0.119 e. The van der Waals surface area contributed by atoms with Gasteiger partial charge in [0.05, 0.1) is 18.5 Å². The average Bonchev–Trinajstić information content (AvgIpc) is 3.23. The Bertz CT molecular complexity index is 1210. The number of hydrogen-bond acceptors (Lipinski definition) is 3. The molecule has 180 valence electrons. The summed E-state index contributed by atoms with van der Waals surface area (Å²) in [6, 6.07) is 12.6. The lowest BCUT2D eigenvalue weighted by molar-refractivity contribution is 0.349. The lowest BCUT2D eigenvalue weighted by Crippen LogP contribution is -2.38. The summed E-state index contributed by atoms with van der Waals surface area (Å²) in [5.74, 6) is 1.82.